The Labute approximate surface area is 174 Å². The van der Waals surface area contributed by atoms with Gasteiger partial charge in [-0.3, -0.25) is 4.79 Å². The molecule has 3 rings (SSSR count). The van der Waals surface area contributed by atoms with Crippen molar-refractivity contribution in [3.05, 3.63) is 23.8 Å². The molecule has 2 aliphatic heterocycles. The van der Waals surface area contributed by atoms with Crippen LogP contribution in [0.15, 0.2) is 23.1 Å². The summed E-state index contributed by atoms with van der Waals surface area (Å²) in [6, 6.07) is 4.54. The number of carbonyl (C=O) groups excluding carboxylic acids is 1. The van der Waals surface area contributed by atoms with Crippen LogP contribution in [0.2, 0.25) is 0 Å². The number of ether oxygens (including phenoxy) is 1. The predicted molar refractivity (Wildman–Crippen MR) is 113 cm³/mol. The van der Waals surface area contributed by atoms with Gasteiger partial charge in [0.05, 0.1) is 17.6 Å². The minimum atomic E-state index is -3.61. The number of hydrogen-bond acceptors (Lipinski definition) is 5. The van der Waals surface area contributed by atoms with Crippen molar-refractivity contribution in [3.63, 3.8) is 0 Å². The van der Waals surface area contributed by atoms with Gasteiger partial charge in [-0.05, 0) is 75.9 Å². The van der Waals surface area contributed by atoms with Crippen molar-refractivity contribution in [1.29, 1.82) is 0 Å². The summed E-state index contributed by atoms with van der Waals surface area (Å²) in [4.78, 5) is 15.3. The third-order valence-corrected chi connectivity index (χ3v) is 7.83. The fourth-order valence-electron chi connectivity index (χ4n) is 4.01. The van der Waals surface area contributed by atoms with Crippen molar-refractivity contribution in [2.45, 2.75) is 43.9 Å². The first kappa shape index (κ1) is 22.1. The molecule has 1 aromatic carbocycles. The molecule has 162 valence electrons. The van der Waals surface area contributed by atoms with E-state index < -0.39 is 10.0 Å². The summed E-state index contributed by atoms with van der Waals surface area (Å²) in [5.74, 6) is 0.625. The van der Waals surface area contributed by atoms with Crippen molar-refractivity contribution in [2.24, 2.45) is 5.92 Å². The quantitative estimate of drug-likeness (QED) is 0.649. The molecule has 0 saturated carbocycles. The SMILES string of the molecule is COc1ccc(S(=O)(=O)N2CCC(C)CC2)cc1C(=O)NCCCN1CCCC1. The zero-order valence-electron chi connectivity index (χ0n) is 17.5. The third kappa shape index (κ3) is 5.49. The van der Waals surface area contributed by atoms with Crippen LogP contribution >= 0.6 is 0 Å². The van der Waals surface area contributed by atoms with E-state index in [1.165, 1.54) is 36.4 Å². The first-order valence-corrected chi connectivity index (χ1v) is 12.0. The molecule has 0 unspecified atom stereocenters. The highest BCUT2D eigenvalue weighted by atomic mass is 32.2. The maximum atomic E-state index is 13.0. The number of nitrogens with one attached hydrogen (secondary N) is 1. The molecule has 2 aliphatic rings. The van der Waals surface area contributed by atoms with Crippen LogP contribution in [0.1, 0.15) is 49.4 Å². The molecule has 8 heteroatoms. The van der Waals surface area contributed by atoms with Crippen LogP contribution in [-0.4, -0.2) is 69.9 Å². The maximum Gasteiger partial charge on any atom is 0.255 e. The topological polar surface area (TPSA) is 79.0 Å². The second-order valence-corrected chi connectivity index (χ2v) is 10.0. The van der Waals surface area contributed by atoms with Crippen LogP contribution in [0.5, 0.6) is 5.75 Å². The summed E-state index contributed by atoms with van der Waals surface area (Å²) < 4.78 is 32.9. The van der Waals surface area contributed by atoms with Gasteiger partial charge in [-0.25, -0.2) is 8.42 Å². The third-order valence-electron chi connectivity index (χ3n) is 5.93. The Morgan fingerprint density at radius 3 is 2.52 bits per heavy atom. The van der Waals surface area contributed by atoms with Gasteiger partial charge in [-0.1, -0.05) is 6.92 Å². The molecule has 0 aliphatic carbocycles. The van der Waals surface area contributed by atoms with E-state index in [4.69, 9.17) is 4.74 Å². The highest BCUT2D eigenvalue weighted by molar-refractivity contribution is 7.89. The Morgan fingerprint density at radius 2 is 1.86 bits per heavy atom. The van der Waals surface area contributed by atoms with E-state index in [2.05, 4.69) is 17.1 Å². The Bertz CT molecular complexity index is 798. The first-order valence-electron chi connectivity index (χ1n) is 10.6. The van der Waals surface area contributed by atoms with E-state index in [0.29, 0.717) is 31.3 Å². The number of piperidine rings is 1. The average molecular weight is 424 g/mol. The number of rotatable bonds is 8. The summed E-state index contributed by atoms with van der Waals surface area (Å²) in [6.45, 7) is 6.98. The lowest BCUT2D eigenvalue weighted by Gasteiger charge is -2.29. The van der Waals surface area contributed by atoms with Crippen molar-refractivity contribution in [1.82, 2.24) is 14.5 Å². The van der Waals surface area contributed by atoms with Crippen molar-refractivity contribution < 1.29 is 17.9 Å². The van der Waals surface area contributed by atoms with Gasteiger partial charge in [-0.2, -0.15) is 4.31 Å². The number of methoxy groups -OCH3 is 1. The zero-order chi connectivity index (χ0) is 20.9. The van der Waals surface area contributed by atoms with Gasteiger partial charge < -0.3 is 15.0 Å². The fourth-order valence-corrected chi connectivity index (χ4v) is 5.50. The first-order chi connectivity index (χ1) is 13.9. The molecule has 7 nitrogen and oxygen atoms in total. The van der Waals surface area contributed by atoms with Gasteiger partial charge in [0, 0.05) is 19.6 Å². The molecule has 29 heavy (non-hydrogen) atoms. The predicted octanol–water partition coefficient (Wildman–Crippen LogP) is 2.33. The van der Waals surface area contributed by atoms with E-state index in [9.17, 15) is 13.2 Å². The van der Waals surface area contributed by atoms with Gasteiger partial charge in [0.15, 0.2) is 0 Å². The second-order valence-electron chi connectivity index (χ2n) is 8.11. The molecule has 0 bridgehead atoms. The van der Waals surface area contributed by atoms with E-state index in [0.717, 1.165) is 38.9 Å². The average Bonchev–Trinajstić information content (AvgIpc) is 3.24. The number of benzene rings is 1. The van der Waals surface area contributed by atoms with Gasteiger partial charge >= 0.3 is 0 Å². The zero-order valence-corrected chi connectivity index (χ0v) is 18.3. The molecular weight excluding hydrogens is 390 g/mol. The molecule has 0 radical (unpaired) electrons. The van der Waals surface area contributed by atoms with E-state index in [1.54, 1.807) is 6.07 Å². The lowest BCUT2D eigenvalue weighted by atomic mass is 10.0. The van der Waals surface area contributed by atoms with E-state index in [1.807, 2.05) is 0 Å². The van der Waals surface area contributed by atoms with Crippen LogP contribution in [0.25, 0.3) is 0 Å². The van der Waals surface area contributed by atoms with Crippen molar-refractivity contribution in [3.8, 4) is 5.75 Å². The largest absolute Gasteiger partial charge is 0.496 e. The minimum Gasteiger partial charge on any atom is -0.496 e. The molecule has 2 heterocycles. The van der Waals surface area contributed by atoms with Crippen LogP contribution < -0.4 is 10.1 Å². The molecule has 1 amide bonds. The van der Waals surface area contributed by atoms with Crippen molar-refractivity contribution >= 4 is 15.9 Å². The molecular formula is C21H33N3O4S. The summed E-state index contributed by atoms with van der Waals surface area (Å²) >= 11 is 0. The molecule has 2 saturated heterocycles. The van der Waals surface area contributed by atoms with Crippen LogP contribution in [0.3, 0.4) is 0 Å². The monoisotopic (exact) mass is 423 g/mol. The summed E-state index contributed by atoms with van der Waals surface area (Å²) in [7, 11) is -2.13. The van der Waals surface area contributed by atoms with Gasteiger partial charge in [-0.15, -0.1) is 0 Å². The number of carbonyl (C=O) groups is 1. The Morgan fingerprint density at radius 1 is 1.17 bits per heavy atom. The number of amides is 1. The van der Waals surface area contributed by atoms with E-state index >= 15 is 0 Å². The lowest BCUT2D eigenvalue weighted by molar-refractivity contribution is 0.0948. The fraction of sp³-hybridized carbons (Fsp3) is 0.667. The molecule has 1 N–H and O–H groups in total. The second kappa shape index (κ2) is 9.91. The molecule has 0 atom stereocenters. The van der Waals surface area contributed by atoms with Crippen molar-refractivity contribution in [2.75, 3.05) is 46.4 Å². The van der Waals surface area contributed by atoms with Gasteiger partial charge in [0.25, 0.3) is 5.91 Å². The summed E-state index contributed by atoms with van der Waals surface area (Å²) in [6.07, 6.45) is 5.10. The Balaban J connectivity index is 1.66. The standard InChI is InChI=1S/C21H33N3O4S/c1-17-8-14-24(15-9-17)29(26,27)18-6-7-20(28-2)19(16-18)21(25)22-10-5-13-23-11-3-4-12-23/h6-7,16-17H,3-5,8-15H2,1-2H3,(H,22,25). The lowest BCUT2D eigenvalue weighted by Crippen LogP contribution is -2.38. The Hall–Kier alpha value is -1.64. The summed E-state index contributed by atoms with van der Waals surface area (Å²) in [5.41, 5.74) is 0.264. The number of sulfonamides is 1. The molecule has 2 fully saturated rings. The highest BCUT2D eigenvalue weighted by Gasteiger charge is 2.29. The Kier molecular flexibility index (Phi) is 7.54. The highest BCUT2D eigenvalue weighted by Crippen LogP contribution is 2.27. The molecule has 0 aromatic heterocycles. The van der Waals surface area contributed by atoms with Crippen LogP contribution in [0, 0.1) is 5.92 Å². The van der Waals surface area contributed by atoms with Gasteiger partial charge in [0.1, 0.15) is 5.75 Å². The normalized spacial score (nSPS) is 19.4. The number of likely N-dealkylation sites (tertiary alicyclic amines) is 1. The number of nitrogens with zero attached hydrogens (tertiary/aromatic N) is 2. The van der Waals surface area contributed by atoms with Gasteiger partial charge in [0.2, 0.25) is 10.0 Å². The van der Waals surface area contributed by atoms with E-state index in [-0.39, 0.29) is 16.4 Å². The maximum absolute atomic E-state index is 13.0. The van der Waals surface area contributed by atoms with Crippen LogP contribution in [-0.2, 0) is 10.0 Å². The molecule has 1 aromatic rings. The smallest absolute Gasteiger partial charge is 0.255 e. The molecule has 0 spiro atoms. The minimum absolute atomic E-state index is 0.148. The summed E-state index contributed by atoms with van der Waals surface area (Å²) in [5, 5.41) is 2.91. The van der Waals surface area contributed by atoms with Crippen LogP contribution in [0.4, 0.5) is 0 Å². The number of hydrogen-bond donors (Lipinski definition) is 1.